The first-order chi connectivity index (χ1) is 7.31. The smallest absolute Gasteiger partial charge is 0.311 e. The minimum Gasteiger partial charge on any atom is -0.466 e. The molecule has 90 valence electrons. The number of carbonyl (C=O) groups excluding carboxylic acids is 1. The van der Waals surface area contributed by atoms with Crippen LogP contribution in [0.25, 0.3) is 0 Å². The largest absolute Gasteiger partial charge is 0.466 e. The zero-order chi connectivity index (χ0) is 10.7. The van der Waals surface area contributed by atoms with Crippen LogP contribution in [0.15, 0.2) is 16.1 Å². The molecule has 0 saturated carbocycles. The Labute approximate surface area is 106 Å². The molecule has 0 amide bonds. The summed E-state index contributed by atoms with van der Waals surface area (Å²) in [7, 11) is 0. The molecule has 0 saturated heterocycles. The molecule has 0 spiro atoms. The number of ether oxygens (including phenoxy) is 1. The molecule has 0 aromatic heterocycles. The summed E-state index contributed by atoms with van der Waals surface area (Å²) in [6, 6.07) is 0. The quantitative estimate of drug-likeness (QED) is 0.730. The third kappa shape index (κ3) is 2.92. The Kier molecular flexibility index (Phi) is 5.15. The van der Waals surface area contributed by atoms with E-state index < -0.39 is 0 Å². The third-order valence-corrected chi connectivity index (χ3v) is 3.25. The van der Waals surface area contributed by atoms with Gasteiger partial charge in [-0.25, -0.2) is 0 Å². The van der Waals surface area contributed by atoms with Crippen LogP contribution in [-0.4, -0.2) is 35.7 Å². The van der Waals surface area contributed by atoms with Crippen LogP contribution in [0.2, 0.25) is 0 Å². The van der Waals surface area contributed by atoms with Gasteiger partial charge in [0, 0.05) is 18.8 Å². The molecule has 2 aliphatic heterocycles. The van der Waals surface area contributed by atoms with Crippen LogP contribution in [0.4, 0.5) is 0 Å². The molecule has 6 heteroatoms. The van der Waals surface area contributed by atoms with Crippen molar-refractivity contribution in [2.75, 3.05) is 19.7 Å². The summed E-state index contributed by atoms with van der Waals surface area (Å²) in [6.07, 6.45) is 1.42. The number of hydrogen-bond donors (Lipinski definition) is 0. The standard InChI is InChI=1S/C10H14N2O2S.ClH/c1-2-14-9(13)6-8-7-15-10-11-4-3-5-12(8)10;/h7H,2-6H2,1H3;1H. The Morgan fingerprint density at radius 2 is 2.50 bits per heavy atom. The predicted molar refractivity (Wildman–Crippen MR) is 67.8 cm³/mol. The second-order valence-electron chi connectivity index (χ2n) is 3.38. The SMILES string of the molecule is CCOC(=O)CC1=CSC2=NCCCN12.Cl. The van der Waals surface area contributed by atoms with Gasteiger partial charge in [0.05, 0.1) is 13.0 Å². The molecule has 2 rings (SSSR count). The lowest BCUT2D eigenvalue weighted by atomic mass is 10.2. The van der Waals surface area contributed by atoms with Crippen molar-refractivity contribution in [1.82, 2.24) is 4.90 Å². The van der Waals surface area contributed by atoms with E-state index in [1.54, 1.807) is 11.8 Å². The van der Waals surface area contributed by atoms with Gasteiger partial charge in [0.2, 0.25) is 0 Å². The Hall–Kier alpha value is -0.680. The minimum atomic E-state index is -0.156. The van der Waals surface area contributed by atoms with Crippen LogP contribution < -0.4 is 0 Å². The Morgan fingerprint density at radius 1 is 1.69 bits per heavy atom. The van der Waals surface area contributed by atoms with Crippen molar-refractivity contribution < 1.29 is 9.53 Å². The number of thioether (sulfide) groups is 1. The van der Waals surface area contributed by atoms with Gasteiger partial charge in [-0.2, -0.15) is 0 Å². The molecule has 2 heterocycles. The number of nitrogens with zero attached hydrogens (tertiary/aromatic N) is 2. The lowest BCUT2D eigenvalue weighted by molar-refractivity contribution is -0.142. The fourth-order valence-corrected chi connectivity index (χ4v) is 2.59. The highest BCUT2D eigenvalue weighted by Gasteiger charge is 2.26. The van der Waals surface area contributed by atoms with Gasteiger partial charge in [-0.05, 0) is 18.8 Å². The van der Waals surface area contributed by atoms with Gasteiger partial charge < -0.3 is 9.64 Å². The van der Waals surface area contributed by atoms with E-state index in [0.29, 0.717) is 13.0 Å². The second kappa shape index (κ2) is 6.15. The molecule has 0 unspecified atom stereocenters. The highest BCUT2D eigenvalue weighted by Crippen LogP contribution is 2.30. The minimum absolute atomic E-state index is 0. The van der Waals surface area contributed by atoms with Crippen LogP contribution in [0.3, 0.4) is 0 Å². The average molecular weight is 263 g/mol. The number of aliphatic imine (C=N–C) groups is 1. The van der Waals surface area contributed by atoms with Gasteiger partial charge in [-0.15, -0.1) is 12.4 Å². The number of halogens is 1. The first-order valence-corrected chi connectivity index (χ1v) is 6.02. The van der Waals surface area contributed by atoms with Crippen molar-refractivity contribution in [1.29, 1.82) is 0 Å². The summed E-state index contributed by atoms with van der Waals surface area (Å²) in [5.74, 6) is -0.156. The molecule has 0 fully saturated rings. The van der Waals surface area contributed by atoms with Crippen molar-refractivity contribution in [3.05, 3.63) is 11.1 Å². The first kappa shape index (κ1) is 13.4. The molecule has 16 heavy (non-hydrogen) atoms. The van der Waals surface area contributed by atoms with Gasteiger partial charge >= 0.3 is 5.97 Å². The highest BCUT2D eigenvalue weighted by molar-refractivity contribution is 8.16. The van der Waals surface area contributed by atoms with E-state index in [1.165, 1.54) is 0 Å². The molecule has 0 N–H and O–H groups in total. The number of fused-ring (bicyclic) bond motifs is 1. The summed E-state index contributed by atoms with van der Waals surface area (Å²) in [5, 5.41) is 3.03. The fourth-order valence-electron chi connectivity index (χ4n) is 1.63. The van der Waals surface area contributed by atoms with Crippen molar-refractivity contribution in [3.8, 4) is 0 Å². The summed E-state index contributed by atoms with van der Waals surface area (Å²) in [4.78, 5) is 17.8. The Morgan fingerprint density at radius 3 is 3.25 bits per heavy atom. The van der Waals surface area contributed by atoms with Gasteiger partial charge in [0.15, 0.2) is 5.17 Å². The van der Waals surface area contributed by atoms with E-state index in [2.05, 4.69) is 9.89 Å². The number of amidine groups is 1. The third-order valence-electron chi connectivity index (χ3n) is 2.30. The highest BCUT2D eigenvalue weighted by atomic mass is 35.5. The molecule has 0 radical (unpaired) electrons. The summed E-state index contributed by atoms with van der Waals surface area (Å²) < 4.78 is 4.93. The number of hydrogen-bond acceptors (Lipinski definition) is 5. The molecule has 2 aliphatic rings. The molecule has 0 atom stereocenters. The lowest BCUT2D eigenvalue weighted by Crippen LogP contribution is -2.30. The van der Waals surface area contributed by atoms with Crippen LogP contribution in [0, 0.1) is 0 Å². The van der Waals surface area contributed by atoms with Crippen LogP contribution in [0.1, 0.15) is 19.8 Å². The normalized spacial score (nSPS) is 18.2. The Balaban J connectivity index is 0.00000128. The molecule has 0 aromatic carbocycles. The molecular weight excluding hydrogens is 248 g/mol. The van der Waals surface area contributed by atoms with Crippen LogP contribution in [-0.2, 0) is 9.53 Å². The van der Waals surface area contributed by atoms with Crippen LogP contribution in [0.5, 0.6) is 0 Å². The molecule has 0 bridgehead atoms. The maximum Gasteiger partial charge on any atom is 0.311 e. The van der Waals surface area contributed by atoms with Gasteiger partial charge in [-0.3, -0.25) is 9.79 Å². The predicted octanol–water partition coefficient (Wildman–Crippen LogP) is 2.01. The first-order valence-electron chi connectivity index (χ1n) is 5.14. The molecular formula is C10H15ClN2O2S. The zero-order valence-corrected chi connectivity index (χ0v) is 10.8. The number of esters is 1. The van der Waals surface area contributed by atoms with E-state index in [1.807, 2.05) is 12.3 Å². The van der Waals surface area contributed by atoms with E-state index in [0.717, 1.165) is 30.4 Å². The maximum absolute atomic E-state index is 11.3. The maximum atomic E-state index is 11.3. The average Bonchev–Trinajstić information content (AvgIpc) is 2.62. The zero-order valence-electron chi connectivity index (χ0n) is 9.14. The van der Waals surface area contributed by atoms with Gasteiger partial charge in [0.25, 0.3) is 0 Å². The van der Waals surface area contributed by atoms with E-state index in [4.69, 9.17) is 4.74 Å². The van der Waals surface area contributed by atoms with E-state index in [-0.39, 0.29) is 18.4 Å². The van der Waals surface area contributed by atoms with Crippen molar-refractivity contribution in [3.63, 3.8) is 0 Å². The van der Waals surface area contributed by atoms with E-state index in [9.17, 15) is 4.79 Å². The molecule has 0 aromatic rings. The van der Waals surface area contributed by atoms with Crippen molar-refractivity contribution >= 4 is 35.3 Å². The fraction of sp³-hybridized carbons (Fsp3) is 0.600. The lowest BCUT2D eigenvalue weighted by Gasteiger charge is -2.24. The van der Waals surface area contributed by atoms with Gasteiger partial charge in [0.1, 0.15) is 0 Å². The summed E-state index contributed by atoms with van der Waals surface area (Å²) in [5.41, 5.74) is 1.02. The van der Waals surface area contributed by atoms with Gasteiger partial charge in [-0.1, -0.05) is 11.8 Å². The second-order valence-corrected chi connectivity index (χ2v) is 4.21. The molecule has 0 aliphatic carbocycles. The van der Waals surface area contributed by atoms with E-state index >= 15 is 0 Å². The topological polar surface area (TPSA) is 41.9 Å². The Bertz CT molecular complexity index is 331. The summed E-state index contributed by atoms with van der Waals surface area (Å²) in [6.45, 7) is 4.14. The summed E-state index contributed by atoms with van der Waals surface area (Å²) >= 11 is 1.60. The van der Waals surface area contributed by atoms with Crippen LogP contribution >= 0.6 is 24.2 Å². The number of carbonyl (C=O) groups is 1. The molecule has 4 nitrogen and oxygen atoms in total. The van der Waals surface area contributed by atoms with Crippen molar-refractivity contribution in [2.45, 2.75) is 19.8 Å². The monoisotopic (exact) mass is 262 g/mol. The van der Waals surface area contributed by atoms with Crippen molar-refractivity contribution in [2.24, 2.45) is 4.99 Å². The number of rotatable bonds is 3.